The van der Waals surface area contributed by atoms with Crippen molar-refractivity contribution < 1.29 is 9.47 Å². The van der Waals surface area contributed by atoms with Crippen LogP contribution >= 0.6 is 0 Å². The van der Waals surface area contributed by atoms with Gasteiger partial charge in [-0.15, -0.1) is 0 Å². The van der Waals surface area contributed by atoms with Crippen molar-refractivity contribution in [2.75, 3.05) is 13.2 Å². The summed E-state index contributed by atoms with van der Waals surface area (Å²) in [6.07, 6.45) is 4.70. The highest BCUT2D eigenvalue weighted by atomic mass is 16.7. The number of benzene rings is 1. The third kappa shape index (κ3) is 2.69. The van der Waals surface area contributed by atoms with Gasteiger partial charge in [0.15, 0.2) is 6.29 Å². The second-order valence-electron chi connectivity index (χ2n) is 3.26. The Labute approximate surface area is 84.2 Å². The number of ether oxygens (including phenoxy) is 2. The van der Waals surface area contributed by atoms with E-state index in [4.69, 9.17) is 9.47 Å². The normalized spacial score (nSPS) is 18.0. The molecule has 74 valence electrons. The molecule has 1 aromatic rings. The van der Waals surface area contributed by atoms with Gasteiger partial charge in [0.05, 0.1) is 13.2 Å². The molecule has 0 radical (unpaired) electrons. The van der Waals surface area contributed by atoms with Crippen LogP contribution < -0.4 is 0 Å². The zero-order valence-corrected chi connectivity index (χ0v) is 8.06. The molecule has 0 saturated heterocycles. The fourth-order valence-corrected chi connectivity index (χ4v) is 1.43. The van der Waals surface area contributed by atoms with E-state index in [0.29, 0.717) is 13.2 Å². The molecule has 2 rings (SSSR count). The first kappa shape index (κ1) is 9.44. The summed E-state index contributed by atoms with van der Waals surface area (Å²) in [5, 5.41) is 0. The predicted molar refractivity (Wildman–Crippen MR) is 55.0 cm³/mol. The summed E-state index contributed by atoms with van der Waals surface area (Å²) in [7, 11) is 0. The average molecular weight is 190 g/mol. The lowest BCUT2D eigenvalue weighted by Crippen LogP contribution is -2.18. The lowest BCUT2D eigenvalue weighted by Gasteiger charge is -2.14. The summed E-state index contributed by atoms with van der Waals surface area (Å²) in [6, 6.07) is 10.3. The van der Waals surface area contributed by atoms with Gasteiger partial charge >= 0.3 is 0 Å². The van der Waals surface area contributed by atoms with E-state index in [9.17, 15) is 0 Å². The van der Waals surface area contributed by atoms with Crippen LogP contribution in [0.1, 0.15) is 5.56 Å². The molecule has 0 aromatic heterocycles. The van der Waals surface area contributed by atoms with Crippen LogP contribution in [0.2, 0.25) is 0 Å². The summed E-state index contributed by atoms with van der Waals surface area (Å²) in [5.74, 6) is 0. The van der Waals surface area contributed by atoms with E-state index < -0.39 is 0 Å². The summed E-state index contributed by atoms with van der Waals surface area (Å²) in [5.41, 5.74) is 1.25. The first-order valence-electron chi connectivity index (χ1n) is 4.87. The monoisotopic (exact) mass is 190 g/mol. The Morgan fingerprint density at radius 1 is 1.00 bits per heavy atom. The molecule has 0 N–H and O–H groups in total. The molecule has 14 heavy (non-hydrogen) atoms. The molecular formula is C12H14O2. The van der Waals surface area contributed by atoms with Crippen LogP contribution in [0.15, 0.2) is 42.5 Å². The van der Waals surface area contributed by atoms with Crippen molar-refractivity contribution in [1.82, 2.24) is 0 Å². The zero-order chi connectivity index (χ0) is 9.64. The largest absolute Gasteiger partial charge is 0.348 e. The zero-order valence-electron chi connectivity index (χ0n) is 8.06. The minimum Gasteiger partial charge on any atom is -0.348 e. The van der Waals surface area contributed by atoms with Gasteiger partial charge in [-0.1, -0.05) is 42.5 Å². The van der Waals surface area contributed by atoms with Crippen molar-refractivity contribution in [3.63, 3.8) is 0 Å². The van der Waals surface area contributed by atoms with Crippen LogP contribution in [0.25, 0.3) is 0 Å². The standard InChI is InChI=1S/C12H14O2/c1-2-6-11(7-3-1)10-12-13-8-4-5-9-14-12/h1-7,12H,8-10H2. The van der Waals surface area contributed by atoms with Crippen molar-refractivity contribution in [2.24, 2.45) is 0 Å². The molecule has 2 nitrogen and oxygen atoms in total. The van der Waals surface area contributed by atoms with Gasteiger partial charge in [-0.25, -0.2) is 0 Å². The van der Waals surface area contributed by atoms with Gasteiger partial charge in [0, 0.05) is 6.42 Å². The van der Waals surface area contributed by atoms with Gasteiger partial charge in [0.2, 0.25) is 0 Å². The smallest absolute Gasteiger partial charge is 0.162 e. The molecular weight excluding hydrogens is 176 g/mol. The van der Waals surface area contributed by atoms with Crippen LogP contribution in [0.5, 0.6) is 0 Å². The third-order valence-corrected chi connectivity index (χ3v) is 2.17. The third-order valence-electron chi connectivity index (χ3n) is 2.17. The van der Waals surface area contributed by atoms with Crippen molar-refractivity contribution in [3.8, 4) is 0 Å². The minimum atomic E-state index is -0.104. The molecule has 1 aliphatic rings. The van der Waals surface area contributed by atoms with Gasteiger partial charge in [-0.05, 0) is 5.56 Å². The van der Waals surface area contributed by atoms with E-state index in [1.807, 2.05) is 30.4 Å². The molecule has 2 heteroatoms. The first-order valence-corrected chi connectivity index (χ1v) is 4.87. The Hall–Kier alpha value is -1.12. The van der Waals surface area contributed by atoms with Gasteiger partial charge in [0.1, 0.15) is 0 Å². The topological polar surface area (TPSA) is 18.5 Å². The van der Waals surface area contributed by atoms with Crippen molar-refractivity contribution in [3.05, 3.63) is 48.0 Å². The second-order valence-corrected chi connectivity index (χ2v) is 3.26. The van der Waals surface area contributed by atoms with E-state index in [1.54, 1.807) is 0 Å². The molecule has 0 unspecified atom stereocenters. The highest BCUT2D eigenvalue weighted by molar-refractivity contribution is 5.15. The fraction of sp³-hybridized carbons (Fsp3) is 0.333. The van der Waals surface area contributed by atoms with Crippen LogP contribution in [0, 0.1) is 0 Å². The number of rotatable bonds is 2. The summed E-state index contributed by atoms with van der Waals surface area (Å²) in [4.78, 5) is 0. The number of hydrogen-bond donors (Lipinski definition) is 0. The highest BCUT2D eigenvalue weighted by Crippen LogP contribution is 2.09. The van der Waals surface area contributed by atoms with Crippen LogP contribution in [-0.2, 0) is 15.9 Å². The molecule has 0 bridgehead atoms. The Kier molecular flexibility index (Phi) is 3.33. The Morgan fingerprint density at radius 2 is 1.64 bits per heavy atom. The minimum absolute atomic E-state index is 0.104. The molecule has 0 spiro atoms. The van der Waals surface area contributed by atoms with Crippen molar-refractivity contribution >= 4 is 0 Å². The Bertz CT molecular complexity index is 282. The van der Waals surface area contributed by atoms with E-state index >= 15 is 0 Å². The van der Waals surface area contributed by atoms with Crippen molar-refractivity contribution in [1.29, 1.82) is 0 Å². The van der Waals surface area contributed by atoms with E-state index in [1.165, 1.54) is 5.56 Å². The van der Waals surface area contributed by atoms with Crippen molar-refractivity contribution in [2.45, 2.75) is 12.7 Å². The molecule has 1 heterocycles. The Morgan fingerprint density at radius 3 is 2.29 bits per heavy atom. The lowest BCUT2D eigenvalue weighted by molar-refractivity contribution is -0.120. The maximum Gasteiger partial charge on any atom is 0.162 e. The second kappa shape index (κ2) is 4.94. The molecule has 0 atom stereocenters. The van der Waals surface area contributed by atoms with E-state index in [-0.39, 0.29) is 6.29 Å². The Balaban J connectivity index is 1.91. The van der Waals surface area contributed by atoms with Crippen LogP contribution in [0.3, 0.4) is 0 Å². The van der Waals surface area contributed by atoms with Gasteiger partial charge in [-0.2, -0.15) is 0 Å². The van der Waals surface area contributed by atoms with Gasteiger partial charge in [-0.3, -0.25) is 0 Å². The quantitative estimate of drug-likeness (QED) is 0.665. The van der Waals surface area contributed by atoms with Crippen LogP contribution in [0.4, 0.5) is 0 Å². The summed E-state index contributed by atoms with van der Waals surface area (Å²) in [6.45, 7) is 1.30. The predicted octanol–water partition coefficient (Wildman–Crippen LogP) is 2.16. The molecule has 0 saturated carbocycles. The summed E-state index contributed by atoms with van der Waals surface area (Å²) >= 11 is 0. The molecule has 0 fully saturated rings. The maximum absolute atomic E-state index is 5.50. The maximum atomic E-state index is 5.50. The molecule has 0 amide bonds. The highest BCUT2D eigenvalue weighted by Gasteiger charge is 2.10. The first-order chi connectivity index (χ1) is 6.95. The van der Waals surface area contributed by atoms with Crippen LogP contribution in [-0.4, -0.2) is 19.5 Å². The van der Waals surface area contributed by atoms with Gasteiger partial charge < -0.3 is 9.47 Å². The lowest BCUT2D eigenvalue weighted by atomic mass is 10.1. The number of hydrogen-bond acceptors (Lipinski definition) is 2. The molecule has 1 aliphatic heterocycles. The van der Waals surface area contributed by atoms with E-state index in [2.05, 4.69) is 12.1 Å². The fourth-order valence-electron chi connectivity index (χ4n) is 1.43. The molecule has 0 aliphatic carbocycles. The summed E-state index contributed by atoms with van der Waals surface area (Å²) < 4.78 is 11.0. The molecule has 1 aromatic carbocycles. The van der Waals surface area contributed by atoms with E-state index in [0.717, 1.165) is 6.42 Å². The SMILES string of the molecule is C1=CCOC(Cc2ccccc2)OC1. The van der Waals surface area contributed by atoms with Gasteiger partial charge in [0.25, 0.3) is 0 Å². The average Bonchev–Trinajstić information content (AvgIpc) is 2.48.